The third kappa shape index (κ3) is 13.7. The number of unbranched alkanes of at least 4 members (excludes halogenated alkanes) is 1. The van der Waals surface area contributed by atoms with Crippen LogP contribution >= 0.6 is 0 Å². The number of aromatic nitrogens is 1. The number of ketones is 2. The number of fused-ring (bicyclic) bond motifs is 1. The molecule has 0 aliphatic heterocycles. The van der Waals surface area contributed by atoms with Gasteiger partial charge < -0.3 is 21.1 Å². The highest BCUT2D eigenvalue weighted by Crippen LogP contribution is 2.29. The maximum Gasteiger partial charge on any atom is 0.419 e. The molecular weight excluding hydrogens is 829 g/mol. The number of hydrogen-bond donors (Lipinski definition) is 3. The van der Waals surface area contributed by atoms with Crippen LogP contribution in [0.1, 0.15) is 70.9 Å². The number of nitro groups is 1. The monoisotopic (exact) mass is 886 g/mol. The first-order chi connectivity index (χ1) is 29.8. The highest BCUT2D eigenvalue weighted by atomic mass is 32.2. The molecule has 4 rings (SSSR count). The molecule has 4 N–H and O–H groups in total. The number of nitro benzene ring substituents is 1. The maximum absolute atomic E-state index is 14.4. The first kappa shape index (κ1) is 49.6. The van der Waals surface area contributed by atoms with E-state index in [1.165, 1.54) is 42.8 Å². The Morgan fingerprint density at radius 1 is 0.905 bits per heavy atom. The fourth-order valence-corrected chi connectivity index (χ4v) is 8.83. The lowest BCUT2D eigenvalue weighted by molar-refractivity contribution is -0.387. The van der Waals surface area contributed by atoms with Gasteiger partial charge in [0.15, 0.2) is 10.7 Å². The number of nitrogens with zero attached hydrogens (tertiary/aromatic N) is 3. The number of carbonyl (C=O) groups is 5. The Kier molecular flexibility index (Phi) is 17.6. The van der Waals surface area contributed by atoms with E-state index < -0.39 is 78.7 Å². The number of sulfonamides is 1. The lowest BCUT2D eigenvalue weighted by atomic mass is 9.89. The summed E-state index contributed by atoms with van der Waals surface area (Å²) in [5, 5.41) is 17.8. The standard InChI is InChI=1S/C46H58N6O10S/c1-7-24-50(63(60,61)42-23-14-13-22-39(42)52(58)59)25-16-15-19-33(43(55)48-6)28-41(54)37(26-32-17-9-8-10-18-32)49-44(56)34(29-40(53)31(2)47)27-35-30-51(45(57)62-46(3,4)5)38-21-12-11-20-36(35)38/h7-14,17-18,20-23,30-31,33-34,37H,1,15-16,19,24-29,47H2,2-6H3,(H,48,55)(H,49,56)/t31-,33+,34+,37+/m0/s1. The van der Waals surface area contributed by atoms with Crippen molar-refractivity contribution >= 4 is 56.1 Å². The van der Waals surface area contributed by atoms with Crippen LogP contribution in [0.4, 0.5) is 10.5 Å². The Morgan fingerprint density at radius 2 is 1.54 bits per heavy atom. The van der Waals surface area contributed by atoms with E-state index in [0.29, 0.717) is 22.9 Å². The first-order valence-corrected chi connectivity index (χ1v) is 22.2. The Morgan fingerprint density at radius 3 is 2.17 bits per heavy atom. The van der Waals surface area contributed by atoms with Crippen molar-refractivity contribution in [2.24, 2.45) is 17.6 Å². The predicted octanol–water partition coefficient (Wildman–Crippen LogP) is 5.89. The summed E-state index contributed by atoms with van der Waals surface area (Å²) in [4.78, 5) is 78.8. The molecule has 1 aromatic heterocycles. The summed E-state index contributed by atoms with van der Waals surface area (Å²) in [5.41, 5.74) is 6.51. The quantitative estimate of drug-likeness (QED) is 0.0344. The van der Waals surface area contributed by atoms with Gasteiger partial charge in [0, 0.05) is 62.5 Å². The van der Waals surface area contributed by atoms with Gasteiger partial charge in [-0.3, -0.25) is 33.9 Å². The van der Waals surface area contributed by atoms with Gasteiger partial charge in [-0.15, -0.1) is 6.58 Å². The predicted molar refractivity (Wildman–Crippen MR) is 239 cm³/mol. The van der Waals surface area contributed by atoms with Gasteiger partial charge in [0.1, 0.15) is 11.4 Å². The molecule has 4 aromatic rings. The van der Waals surface area contributed by atoms with Crippen LogP contribution in [0, 0.1) is 22.0 Å². The minimum absolute atomic E-state index is 0.0178. The van der Waals surface area contributed by atoms with E-state index in [2.05, 4.69) is 17.2 Å². The van der Waals surface area contributed by atoms with E-state index in [1.54, 1.807) is 75.5 Å². The second kappa shape index (κ2) is 22.4. The zero-order chi connectivity index (χ0) is 46.5. The Labute approximate surface area is 368 Å². The van der Waals surface area contributed by atoms with E-state index in [1.807, 2.05) is 6.07 Å². The summed E-state index contributed by atoms with van der Waals surface area (Å²) in [6.07, 6.45) is 2.66. The molecule has 0 radical (unpaired) electrons. The summed E-state index contributed by atoms with van der Waals surface area (Å²) in [6.45, 7) is 10.3. The molecule has 16 nitrogen and oxygen atoms in total. The Bertz CT molecular complexity index is 2390. The van der Waals surface area contributed by atoms with Gasteiger partial charge in [0.05, 0.1) is 22.5 Å². The fraction of sp³-hybridized carbons (Fsp3) is 0.413. The van der Waals surface area contributed by atoms with E-state index in [-0.39, 0.29) is 57.4 Å². The molecule has 0 spiro atoms. The number of nitrogens with two attached hydrogens (primary N) is 1. The number of Topliss-reactive ketones (excluding diaryl/α,β-unsaturated/α-hetero) is 2. The van der Waals surface area contributed by atoms with Gasteiger partial charge in [-0.25, -0.2) is 13.2 Å². The summed E-state index contributed by atoms with van der Waals surface area (Å²) in [5.74, 6) is -3.69. The van der Waals surface area contributed by atoms with Crippen molar-refractivity contribution in [3.05, 3.63) is 119 Å². The van der Waals surface area contributed by atoms with Crippen molar-refractivity contribution in [2.75, 3.05) is 20.1 Å². The van der Waals surface area contributed by atoms with E-state index in [0.717, 1.165) is 15.9 Å². The van der Waals surface area contributed by atoms with E-state index >= 15 is 0 Å². The SMILES string of the molecule is C=CCN(CCCC[C@H](CC(=O)[C@@H](Cc1ccccc1)NC(=O)[C@@H](CC(=O)[C@H](C)N)Cc1cn(C(=O)OC(C)(C)C)c2ccccc12)C(=O)NC)S(=O)(=O)c1ccccc1[N+](=O)[O-]. The van der Waals surface area contributed by atoms with Crippen molar-refractivity contribution in [1.29, 1.82) is 0 Å². The first-order valence-electron chi connectivity index (χ1n) is 20.8. The molecule has 0 saturated carbocycles. The molecule has 2 amide bonds. The number of para-hydroxylation sites is 2. The van der Waals surface area contributed by atoms with E-state index in [9.17, 15) is 42.5 Å². The summed E-state index contributed by atoms with van der Waals surface area (Å²) < 4.78 is 35.2. The van der Waals surface area contributed by atoms with Gasteiger partial charge in [-0.2, -0.15) is 4.31 Å². The molecular formula is C46H58N6O10S. The van der Waals surface area contributed by atoms with Crippen LogP contribution in [0.5, 0.6) is 0 Å². The molecule has 3 aromatic carbocycles. The zero-order valence-electron chi connectivity index (χ0n) is 36.5. The normalized spacial score (nSPS) is 13.7. The van der Waals surface area contributed by atoms with Gasteiger partial charge in [0.2, 0.25) is 21.8 Å². The summed E-state index contributed by atoms with van der Waals surface area (Å²) >= 11 is 0. The van der Waals surface area contributed by atoms with Gasteiger partial charge in [-0.1, -0.05) is 73.2 Å². The van der Waals surface area contributed by atoms with Crippen molar-refractivity contribution < 1.29 is 42.1 Å². The molecule has 0 aliphatic carbocycles. The van der Waals surface area contributed by atoms with E-state index in [4.69, 9.17) is 10.5 Å². The lowest BCUT2D eigenvalue weighted by Gasteiger charge is -2.24. The minimum atomic E-state index is -4.30. The van der Waals surface area contributed by atoms with Crippen LogP contribution in [0.3, 0.4) is 0 Å². The van der Waals surface area contributed by atoms with Crippen molar-refractivity contribution in [1.82, 2.24) is 19.5 Å². The van der Waals surface area contributed by atoms with Gasteiger partial charge >= 0.3 is 6.09 Å². The average Bonchev–Trinajstić information content (AvgIpc) is 3.61. The second-order valence-electron chi connectivity index (χ2n) is 16.5. The van der Waals surface area contributed by atoms with Crippen LogP contribution < -0.4 is 16.4 Å². The summed E-state index contributed by atoms with van der Waals surface area (Å²) in [6, 6.07) is 19.2. The molecule has 1 heterocycles. The molecule has 0 unspecified atom stereocenters. The number of benzene rings is 3. The number of hydrogen-bond acceptors (Lipinski definition) is 11. The summed E-state index contributed by atoms with van der Waals surface area (Å²) in [7, 11) is -2.86. The Balaban J connectivity index is 1.57. The molecule has 63 heavy (non-hydrogen) atoms. The number of ether oxygens (including phenoxy) is 1. The number of nitrogens with one attached hydrogen (secondary N) is 2. The van der Waals surface area contributed by atoms with Crippen molar-refractivity contribution in [3.63, 3.8) is 0 Å². The highest BCUT2D eigenvalue weighted by molar-refractivity contribution is 7.89. The molecule has 0 fully saturated rings. The van der Waals surface area contributed by atoms with Crippen molar-refractivity contribution in [2.45, 2.75) is 95.2 Å². The third-order valence-corrected chi connectivity index (χ3v) is 12.4. The molecule has 338 valence electrons. The van der Waals surface area contributed by atoms with Crippen molar-refractivity contribution in [3.8, 4) is 0 Å². The minimum Gasteiger partial charge on any atom is -0.443 e. The van der Waals surface area contributed by atoms with Crippen LogP contribution in [0.25, 0.3) is 10.9 Å². The van der Waals surface area contributed by atoms with Crippen LogP contribution in [0.15, 0.2) is 103 Å². The maximum atomic E-state index is 14.4. The highest BCUT2D eigenvalue weighted by Gasteiger charge is 2.33. The average molecular weight is 887 g/mol. The van der Waals surface area contributed by atoms with Gasteiger partial charge in [-0.05, 0) is 76.6 Å². The number of carbonyl (C=O) groups excluding carboxylic acids is 5. The molecule has 0 aliphatic rings. The third-order valence-electron chi connectivity index (χ3n) is 10.5. The zero-order valence-corrected chi connectivity index (χ0v) is 37.3. The smallest absolute Gasteiger partial charge is 0.419 e. The van der Waals surface area contributed by atoms with Crippen LogP contribution in [-0.4, -0.2) is 89.5 Å². The van der Waals surface area contributed by atoms with Gasteiger partial charge in [0.25, 0.3) is 5.69 Å². The molecule has 17 heteroatoms. The molecule has 0 saturated heterocycles. The van der Waals surface area contributed by atoms with Crippen LogP contribution in [-0.2, 0) is 46.8 Å². The largest absolute Gasteiger partial charge is 0.443 e. The fourth-order valence-electron chi connectivity index (χ4n) is 7.22. The molecule has 4 atom stereocenters. The van der Waals surface area contributed by atoms with Crippen LogP contribution in [0.2, 0.25) is 0 Å². The molecule has 0 bridgehead atoms. The topological polar surface area (TPSA) is 230 Å². The number of rotatable bonds is 23. The number of amides is 2. The Hall–Kier alpha value is -6.04. The lowest BCUT2D eigenvalue weighted by Crippen LogP contribution is -2.47. The second-order valence-corrected chi connectivity index (χ2v) is 18.4.